The lowest BCUT2D eigenvalue weighted by Gasteiger charge is -2.21. The van der Waals surface area contributed by atoms with Gasteiger partial charge in [-0.15, -0.1) is 0 Å². The number of benzene rings is 1. The third-order valence-corrected chi connectivity index (χ3v) is 5.10. The normalized spacial score (nSPS) is 18.9. The molecule has 1 aromatic rings. The Bertz CT molecular complexity index is 707. The van der Waals surface area contributed by atoms with E-state index in [0.29, 0.717) is 12.2 Å². The number of rotatable bonds is 11. The summed E-state index contributed by atoms with van der Waals surface area (Å²) in [6.45, 7) is 3.87. The molecule has 7 nitrogen and oxygen atoms in total. The fraction of sp³-hybridized carbons (Fsp3) is 0.571. The molecule has 0 bridgehead atoms. The topological polar surface area (TPSA) is 87.7 Å². The Morgan fingerprint density at radius 3 is 2.61 bits per heavy atom. The second kappa shape index (κ2) is 10.1. The quantitative estimate of drug-likeness (QED) is 0.450. The Hall–Kier alpha value is -2.57. The molecular formula is C21H31N3O4. The number of nitrogens with one attached hydrogen (secondary N) is 2. The van der Waals surface area contributed by atoms with E-state index in [1.807, 2.05) is 24.3 Å². The standard InChI is InChI=1S/C21H31N3O4/c1-4-5-6-7-10-13-21(2)19(26)24(20(27)23-21)15-18(25)22-14-16-11-8-9-12-17(16)28-3/h8-9,11-12H,4-7,10,13-15H2,1-3H3,(H,22,25)(H,23,27). The molecule has 2 N–H and O–H groups in total. The van der Waals surface area contributed by atoms with Gasteiger partial charge in [0, 0.05) is 12.1 Å². The fourth-order valence-corrected chi connectivity index (χ4v) is 3.38. The summed E-state index contributed by atoms with van der Waals surface area (Å²) in [5.41, 5.74) is -0.0980. The first kappa shape index (κ1) is 21.7. The zero-order valence-corrected chi connectivity index (χ0v) is 17.0. The van der Waals surface area contributed by atoms with Crippen molar-refractivity contribution in [1.29, 1.82) is 0 Å². The molecule has 1 heterocycles. The Balaban J connectivity index is 1.86. The lowest BCUT2D eigenvalue weighted by molar-refractivity contribution is -0.134. The average molecular weight is 389 g/mol. The highest BCUT2D eigenvalue weighted by Gasteiger charge is 2.47. The van der Waals surface area contributed by atoms with Gasteiger partial charge in [0.1, 0.15) is 17.8 Å². The van der Waals surface area contributed by atoms with Crippen molar-refractivity contribution in [3.8, 4) is 5.75 Å². The van der Waals surface area contributed by atoms with Crippen LogP contribution in [0.1, 0.15) is 57.9 Å². The minimum Gasteiger partial charge on any atom is -0.496 e. The summed E-state index contributed by atoms with van der Waals surface area (Å²) in [6.07, 6.45) is 5.95. The van der Waals surface area contributed by atoms with Gasteiger partial charge in [0.15, 0.2) is 0 Å². The number of urea groups is 1. The van der Waals surface area contributed by atoms with Crippen LogP contribution in [0, 0.1) is 0 Å². The van der Waals surface area contributed by atoms with Crippen LogP contribution in [-0.4, -0.2) is 41.9 Å². The second-order valence-corrected chi connectivity index (χ2v) is 7.41. The summed E-state index contributed by atoms with van der Waals surface area (Å²) in [6, 6.07) is 6.86. The van der Waals surface area contributed by atoms with Gasteiger partial charge in [-0.1, -0.05) is 57.2 Å². The first-order valence-corrected chi connectivity index (χ1v) is 9.94. The van der Waals surface area contributed by atoms with Gasteiger partial charge in [0.2, 0.25) is 5.91 Å². The molecule has 1 aliphatic rings. The van der Waals surface area contributed by atoms with Crippen molar-refractivity contribution in [2.45, 2.75) is 64.5 Å². The maximum Gasteiger partial charge on any atom is 0.325 e. The van der Waals surface area contributed by atoms with Gasteiger partial charge in [-0.2, -0.15) is 0 Å². The zero-order valence-electron chi connectivity index (χ0n) is 17.0. The van der Waals surface area contributed by atoms with Gasteiger partial charge in [0.25, 0.3) is 5.91 Å². The number of unbranched alkanes of at least 4 members (excludes halogenated alkanes) is 4. The molecular weight excluding hydrogens is 358 g/mol. The van der Waals surface area contributed by atoms with Crippen molar-refractivity contribution in [3.63, 3.8) is 0 Å². The molecule has 0 spiro atoms. The van der Waals surface area contributed by atoms with Gasteiger partial charge >= 0.3 is 6.03 Å². The second-order valence-electron chi connectivity index (χ2n) is 7.41. The molecule has 4 amide bonds. The highest BCUT2D eigenvalue weighted by Crippen LogP contribution is 2.24. The molecule has 0 aromatic heterocycles. The van der Waals surface area contributed by atoms with Crippen molar-refractivity contribution < 1.29 is 19.1 Å². The van der Waals surface area contributed by atoms with Gasteiger partial charge in [-0.25, -0.2) is 4.79 Å². The minimum absolute atomic E-state index is 0.265. The Morgan fingerprint density at radius 2 is 1.89 bits per heavy atom. The maximum absolute atomic E-state index is 12.7. The molecule has 1 unspecified atom stereocenters. The number of hydrogen-bond donors (Lipinski definition) is 2. The van der Waals surface area contributed by atoms with Crippen LogP contribution >= 0.6 is 0 Å². The molecule has 1 fully saturated rings. The average Bonchev–Trinajstić information content (AvgIpc) is 2.89. The van der Waals surface area contributed by atoms with Gasteiger partial charge in [0.05, 0.1) is 7.11 Å². The fourth-order valence-electron chi connectivity index (χ4n) is 3.38. The smallest absolute Gasteiger partial charge is 0.325 e. The first-order valence-electron chi connectivity index (χ1n) is 9.94. The first-order chi connectivity index (χ1) is 13.4. The van der Waals surface area contributed by atoms with Crippen molar-refractivity contribution in [3.05, 3.63) is 29.8 Å². The summed E-state index contributed by atoms with van der Waals surface area (Å²) < 4.78 is 5.25. The monoisotopic (exact) mass is 389 g/mol. The Kier molecular flexibility index (Phi) is 7.84. The highest BCUT2D eigenvalue weighted by atomic mass is 16.5. The van der Waals surface area contributed by atoms with E-state index in [4.69, 9.17) is 4.74 Å². The van der Waals surface area contributed by atoms with Crippen molar-refractivity contribution in [2.75, 3.05) is 13.7 Å². The lowest BCUT2D eigenvalue weighted by Crippen LogP contribution is -2.45. The van der Waals surface area contributed by atoms with Crippen LogP contribution in [-0.2, 0) is 16.1 Å². The Morgan fingerprint density at radius 1 is 1.18 bits per heavy atom. The molecule has 0 aliphatic carbocycles. The predicted molar refractivity (Wildman–Crippen MR) is 107 cm³/mol. The van der Waals surface area contributed by atoms with E-state index >= 15 is 0 Å². The summed E-state index contributed by atoms with van der Waals surface area (Å²) in [5, 5.41) is 5.50. The highest BCUT2D eigenvalue weighted by molar-refractivity contribution is 6.08. The molecule has 28 heavy (non-hydrogen) atoms. The molecule has 0 radical (unpaired) electrons. The maximum atomic E-state index is 12.7. The number of carbonyl (C=O) groups excluding carboxylic acids is 3. The number of carbonyl (C=O) groups is 3. The van der Waals surface area contributed by atoms with Crippen LogP contribution in [0.2, 0.25) is 0 Å². The van der Waals surface area contributed by atoms with Crippen LogP contribution in [0.15, 0.2) is 24.3 Å². The number of methoxy groups -OCH3 is 1. The number of amides is 4. The van der Waals surface area contributed by atoms with Crippen LogP contribution in [0.5, 0.6) is 5.75 Å². The van der Waals surface area contributed by atoms with Gasteiger partial charge in [-0.05, 0) is 19.4 Å². The molecule has 7 heteroatoms. The molecule has 2 rings (SSSR count). The van der Waals surface area contributed by atoms with Crippen LogP contribution in [0.3, 0.4) is 0 Å². The third-order valence-electron chi connectivity index (χ3n) is 5.10. The molecule has 1 aromatic carbocycles. The number of nitrogens with zero attached hydrogens (tertiary/aromatic N) is 1. The number of imide groups is 1. The van der Waals surface area contributed by atoms with Crippen LogP contribution in [0.25, 0.3) is 0 Å². The van der Waals surface area contributed by atoms with E-state index < -0.39 is 11.6 Å². The molecule has 0 saturated carbocycles. The predicted octanol–water partition coefficient (Wildman–Crippen LogP) is 2.98. The van der Waals surface area contributed by atoms with E-state index in [1.165, 1.54) is 6.42 Å². The molecule has 1 saturated heterocycles. The molecule has 1 atom stereocenters. The van der Waals surface area contributed by atoms with Crippen molar-refractivity contribution >= 4 is 17.8 Å². The third kappa shape index (κ3) is 5.47. The zero-order chi connectivity index (χ0) is 20.6. The van der Waals surface area contributed by atoms with E-state index in [1.54, 1.807) is 14.0 Å². The van der Waals surface area contributed by atoms with E-state index in [0.717, 1.165) is 36.1 Å². The van der Waals surface area contributed by atoms with Crippen LogP contribution < -0.4 is 15.4 Å². The van der Waals surface area contributed by atoms with Crippen molar-refractivity contribution in [1.82, 2.24) is 15.5 Å². The lowest BCUT2D eigenvalue weighted by atomic mass is 9.94. The molecule has 1 aliphatic heterocycles. The summed E-state index contributed by atoms with van der Waals surface area (Å²) in [4.78, 5) is 38.2. The Labute approximate surface area is 166 Å². The summed E-state index contributed by atoms with van der Waals surface area (Å²) in [7, 11) is 1.57. The summed E-state index contributed by atoms with van der Waals surface area (Å²) in [5.74, 6) is -0.0459. The van der Waals surface area contributed by atoms with E-state index in [9.17, 15) is 14.4 Å². The van der Waals surface area contributed by atoms with E-state index in [2.05, 4.69) is 17.6 Å². The van der Waals surface area contributed by atoms with Crippen molar-refractivity contribution in [2.24, 2.45) is 0 Å². The minimum atomic E-state index is -0.924. The van der Waals surface area contributed by atoms with Gasteiger partial charge < -0.3 is 15.4 Å². The number of ether oxygens (including phenoxy) is 1. The molecule has 154 valence electrons. The number of hydrogen-bond acceptors (Lipinski definition) is 4. The summed E-state index contributed by atoms with van der Waals surface area (Å²) >= 11 is 0. The SMILES string of the molecule is CCCCCCCC1(C)NC(=O)N(CC(=O)NCc2ccccc2OC)C1=O. The van der Waals surface area contributed by atoms with Crippen LogP contribution in [0.4, 0.5) is 4.79 Å². The largest absolute Gasteiger partial charge is 0.496 e. The number of para-hydroxylation sites is 1. The van der Waals surface area contributed by atoms with E-state index in [-0.39, 0.29) is 24.9 Å². The van der Waals surface area contributed by atoms with Gasteiger partial charge in [-0.3, -0.25) is 14.5 Å².